The number of amides is 1. The third-order valence-electron chi connectivity index (χ3n) is 4.01. The standard InChI is InChI=1S/C14H19BrN2O/c1-2-14(7-3-4-8-14)10-17-13(18)12-11(15)6-5-9-16-12/h5-6,9H,2-4,7-8,10H2,1H3,(H,17,18). The summed E-state index contributed by atoms with van der Waals surface area (Å²) in [6, 6.07) is 3.65. The van der Waals surface area contributed by atoms with Crippen LogP contribution in [-0.2, 0) is 0 Å². The van der Waals surface area contributed by atoms with Gasteiger partial charge in [-0.15, -0.1) is 0 Å². The zero-order chi connectivity index (χ0) is 13.0. The molecule has 1 aliphatic rings. The first kappa shape index (κ1) is 13.5. The molecule has 0 atom stereocenters. The van der Waals surface area contributed by atoms with Crippen LogP contribution in [0.2, 0.25) is 0 Å². The first-order valence-corrected chi connectivity index (χ1v) is 7.35. The van der Waals surface area contributed by atoms with E-state index >= 15 is 0 Å². The molecule has 1 aromatic heterocycles. The minimum Gasteiger partial charge on any atom is -0.350 e. The van der Waals surface area contributed by atoms with Gasteiger partial charge in [0.2, 0.25) is 0 Å². The Balaban J connectivity index is 1.98. The van der Waals surface area contributed by atoms with Crippen LogP contribution < -0.4 is 5.32 Å². The minimum absolute atomic E-state index is 0.0813. The highest BCUT2D eigenvalue weighted by atomic mass is 79.9. The van der Waals surface area contributed by atoms with Gasteiger partial charge in [-0.2, -0.15) is 0 Å². The van der Waals surface area contributed by atoms with E-state index < -0.39 is 0 Å². The molecule has 1 amide bonds. The van der Waals surface area contributed by atoms with Crippen LogP contribution in [0.3, 0.4) is 0 Å². The van der Waals surface area contributed by atoms with E-state index in [1.165, 1.54) is 25.7 Å². The van der Waals surface area contributed by atoms with Crippen molar-refractivity contribution in [2.24, 2.45) is 5.41 Å². The zero-order valence-corrected chi connectivity index (χ0v) is 12.3. The molecule has 2 rings (SSSR count). The van der Waals surface area contributed by atoms with Gasteiger partial charge >= 0.3 is 0 Å². The van der Waals surface area contributed by atoms with Crippen LogP contribution in [0, 0.1) is 5.41 Å². The fraction of sp³-hybridized carbons (Fsp3) is 0.571. The lowest BCUT2D eigenvalue weighted by Gasteiger charge is -2.27. The van der Waals surface area contributed by atoms with Crippen LogP contribution in [0.25, 0.3) is 0 Å². The van der Waals surface area contributed by atoms with Crippen LogP contribution in [0.5, 0.6) is 0 Å². The lowest BCUT2D eigenvalue weighted by atomic mass is 9.83. The third kappa shape index (κ3) is 2.91. The number of carbonyl (C=O) groups excluding carboxylic acids is 1. The van der Waals surface area contributed by atoms with Gasteiger partial charge in [0.15, 0.2) is 0 Å². The lowest BCUT2D eigenvalue weighted by molar-refractivity contribution is 0.0923. The van der Waals surface area contributed by atoms with E-state index in [2.05, 4.69) is 33.2 Å². The van der Waals surface area contributed by atoms with Crippen LogP contribution >= 0.6 is 15.9 Å². The van der Waals surface area contributed by atoms with E-state index in [0.717, 1.165) is 17.4 Å². The van der Waals surface area contributed by atoms with Gasteiger partial charge in [-0.25, -0.2) is 4.98 Å². The number of rotatable bonds is 4. The van der Waals surface area contributed by atoms with E-state index in [4.69, 9.17) is 0 Å². The molecule has 1 saturated carbocycles. The van der Waals surface area contributed by atoms with Crippen molar-refractivity contribution < 1.29 is 4.79 Å². The Morgan fingerprint density at radius 2 is 2.22 bits per heavy atom. The Morgan fingerprint density at radius 3 is 2.83 bits per heavy atom. The van der Waals surface area contributed by atoms with Gasteiger partial charge < -0.3 is 5.32 Å². The monoisotopic (exact) mass is 310 g/mol. The quantitative estimate of drug-likeness (QED) is 0.924. The molecule has 1 fully saturated rings. The summed E-state index contributed by atoms with van der Waals surface area (Å²) in [6.45, 7) is 2.99. The Hall–Kier alpha value is -0.900. The summed E-state index contributed by atoms with van der Waals surface area (Å²) in [5.41, 5.74) is 0.790. The molecule has 1 aromatic rings. The smallest absolute Gasteiger partial charge is 0.271 e. The van der Waals surface area contributed by atoms with Crippen molar-refractivity contribution >= 4 is 21.8 Å². The Kier molecular flexibility index (Phi) is 4.38. The summed E-state index contributed by atoms with van der Waals surface area (Å²) in [5, 5.41) is 3.04. The van der Waals surface area contributed by atoms with Crippen molar-refractivity contribution in [3.63, 3.8) is 0 Å². The van der Waals surface area contributed by atoms with E-state index in [-0.39, 0.29) is 5.91 Å². The average Bonchev–Trinajstić information content (AvgIpc) is 2.86. The molecule has 98 valence electrons. The topological polar surface area (TPSA) is 42.0 Å². The van der Waals surface area contributed by atoms with Gasteiger partial charge in [0, 0.05) is 17.2 Å². The highest BCUT2D eigenvalue weighted by molar-refractivity contribution is 9.10. The summed E-state index contributed by atoms with van der Waals surface area (Å²) in [4.78, 5) is 16.2. The van der Waals surface area contributed by atoms with Crippen LogP contribution in [-0.4, -0.2) is 17.4 Å². The molecule has 1 heterocycles. The first-order chi connectivity index (χ1) is 8.67. The van der Waals surface area contributed by atoms with Gasteiger partial charge in [0.25, 0.3) is 5.91 Å². The van der Waals surface area contributed by atoms with E-state index in [1.54, 1.807) is 6.20 Å². The molecular formula is C14H19BrN2O. The normalized spacial score (nSPS) is 17.7. The van der Waals surface area contributed by atoms with Crippen LogP contribution in [0.4, 0.5) is 0 Å². The molecule has 0 unspecified atom stereocenters. The van der Waals surface area contributed by atoms with Gasteiger partial charge in [-0.05, 0) is 52.7 Å². The predicted molar refractivity (Wildman–Crippen MR) is 75.5 cm³/mol. The van der Waals surface area contributed by atoms with Crippen molar-refractivity contribution in [1.82, 2.24) is 10.3 Å². The molecule has 18 heavy (non-hydrogen) atoms. The molecule has 4 heteroatoms. The second-order valence-electron chi connectivity index (χ2n) is 5.08. The van der Waals surface area contributed by atoms with E-state index in [1.807, 2.05) is 12.1 Å². The molecule has 0 bridgehead atoms. The molecular weight excluding hydrogens is 292 g/mol. The number of hydrogen-bond donors (Lipinski definition) is 1. The number of pyridine rings is 1. The van der Waals surface area contributed by atoms with Gasteiger partial charge in [-0.1, -0.05) is 19.8 Å². The Bertz CT molecular complexity index is 428. The van der Waals surface area contributed by atoms with Crippen molar-refractivity contribution in [1.29, 1.82) is 0 Å². The zero-order valence-electron chi connectivity index (χ0n) is 10.7. The van der Waals surface area contributed by atoms with Crippen LogP contribution in [0.1, 0.15) is 49.5 Å². The number of carbonyl (C=O) groups is 1. The predicted octanol–water partition coefficient (Wildman–Crippen LogP) is 3.54. The maximum absolute atomic E-state index is 12.1. The number of nitrogens with one attached hydrogen (secondary N) is 1. The SMILES string of the molecule is CCC1(CNC(=O)c2ncccc2Br)CCCC1. The van der Waals surface area contributed by atoms with E-state index in [9.17, 15) is 4.79 Å². The highest BCUT2D eigenvalue weighted by Gasteiger charge is 2.32. The average molecular weight is 311 g/mol. The summed E-state index contributed by atoms with van der Waals surface area (Å²) < 4.78 is 0.750. The van der Waals surface area contributed by atoms with Crippen molar-refractivity contribution in [3.8, 4) is 0 Å². The van der Waals surface area contributed by atoms with Gasteiger partial charge in [-0.3, -0.25) is 4.79 Å². The van der Waals surface area contributed by atoms with E-state index in [0.29, 0.717) is 11.1 Å². The minimum atomic E-state index is -0.0813. The Labute approximate surface area is 117 Å². The number of nitrogens with zero attached hydrogens (tertiary/aromatic N) is 1. The van der Waals surface area contributed by atoms with Gasteiger partial charge in [0.1, 0.15) is 5.69 Å². The third-order valence-corrected chi connectivity index (χ3v) is 4.65. The largest absolute Gasteiger partial charge is 0.350 e. The fourth-order valence-electron chi connectivity index (χ4n) is 2.68. The Morgan fingerprint density at radius 1 is 1.50 bits per heavy atom. The molecule has 3 nitrogen and oxygen atoms in total. The molecule has 1 N–H and O–H groups in total. The number of aromatic nitrogens is 1. The molecule has 0 saturated heterocycles. The summed E-state index contributed by atoms with van der Waals surface area (Å²) >= 11 is 3.36. The summed E-state index contributed by atoms with van der Waals surface area (Å²) in [6.07, 6.45) is 7.82. The molecule has 0 spiro atoms. The van der Waals surface area contributed by atoms with Crippen molar-refractivity contribution in [2.75, 3.05) is 6.54 Å². The summed E-state index contributed by atoms with van der Waals surface area (Å²) in [5.74, 6) is -0.0813. The van der Waals surface area contributed by atoms with Crippen molar-refractivity contribution in [3.05, 3.63) is 28.5 Å². The second kappa shape index (κ2) is 5.83. The maximum atomic E-state index is 12.1. The molecule has 0 aliphatic heterocycles. The number of halogens is 1. The first-order valence-electron chi connectivity index (χ1n) is 6.56. The maximum Gasteiger partial charge on any atom is 0.271 e. The van der Waals surface area contributed by atoms with Crippen LogP contribution in [0.15, 0.2) is 22.8 Å². The summed E-state index contributed by atoms with van der Waals surface area (Å²) in [7, 11) is 0. The highest BCUT2D eigenvalue weighted by Crippen LogP contribution is 2.40. The van der Waals surface area contributed by atoms with Gasteiger partial charge in [0.05, 0.1) is 0 Å². The molecule has 0 radical (unpaired) electrons. The second-order valence-corrected chi connectivity index (χ2v) is 5.93. The fourth-order valence-corrected chi connectivity index (χ4v) is 3.12. The lowest BCUT2D eigenvalue weighted by Crippen LogP contribution is -2.36. The molecule has 1 aliphatic carbocycles. The molecule has 0 aromatic carbocycles. The van der Waals surface area contributed by atoms with Crippen molar-refractivity contribution in [2.45, 2.75) is 39.0 Å². The number of hydrogen-bond acceptors (Lipinski definition) is 2.